The smallest absolute Gasteiger partial charge is 0.321 e. The van der Waals surface area contributed by atoms with Crippen molar-refractivity contribution >= 4 is 6.01 Å². The summed E-state index contributed by atoms with van der Waals surface area (Å²) in [4.78, 5) is 3.96. The van der Waals surface area contributed by atoms with E-state index in [1.165, 1.54) is 6.07 Å². The predicted octanol–water partition coefficient (Wildman–Crippen LogP) is 2.45. The summed E-state index contributed by atoms with van der Waals surface area (Å²) in [7, 11) is 0. The highest BCUT2D eigenvalue weighted by Gasteiger charge is 2.10. The zero-order valence-corrected chi connectivity index (χ0v) is 8.50. The molecule has 0 fully saturated rings. The number of nitrogens with one attached hydrogen (secondary N) is 1. The van der Waals surface area contributed by atoms with Crippen LogP contribution >= 0.6 is 0 Å². The van der Waals surface area contributed by atoms with Crippen molar-refractivity contribution in [3.8, 4) is 11.4 Å². The third-order valence-electron chi connectivity index (χ3n) is 1.93. The molecule has 2 rings (SSSR count). The van der Waals surface area contributed by atoms with Crippen LogP contribution in [-0.2, 0) is 0 Å². The fourth-order valence-corrected chi connectivity index (χ4v) is 1.20. The van der Waals surface area contributed by atoms with Crippen LogP contribution in [0.4, 0.5) is 14.8 Å². The zero-order chi connectivity index (χ0) is 11.5. The van der Waals surface area contributed by atoms with Crippen molar-refractivity contribution in [3.63, 3.8) is 0 Å². The Labute approximate surface area is 90.3 Å². The molecule has 2 aromatic rings. The van der Waals surface area contributed by atoms with E-state index in [2.05, 4.69) is 15.5 Å². The number of rotatable bonds is 3. The van der Waals surface area contributed by atoms with Gasteiger partial charge in [-0.2, -0.15) is 4.98 Å². The molecule has 0 amide bonds. The van der Waals surface area contributed by atoms with Gasteiger partial charge in [-0.15, -0.1) is 0 Å². The summed E-state index contributed by atoms with van der Waals surface area (Å²) in [6.07, 6.45) is 0. The third-order valence-corrected chi connectivity index (χ3v) is 1.93. The number of hydrogen-bond donors (Lipinski definition) is 1. The Morgan fingerprint density at radius 2 is 2.12 bits per heavy atom. The summed E-state index contributed by atoms with van der Waals surface area (Å²) >= 11 is 0. The summed E-state index contributed by atoms with van der Waals surface area (Å²) in [6, 6.07) is 3.69. The van der Waals surface area contributed by atoms with E-state index < -0.39 is 11.6 Å². The molecule has 4 nitrogen and oxygen atoms in total. The van der Waals surface area contributed by atoms with Crippen molar-refractivity contribution < 1.29 is 13.3 Å². The van der Waals surface area contributed by atoms with Gasteiger partial charge < -0.3 is 9.84 Å². The monoisotopic (exact) mass is 225 g/mol. The standard InChI is InChI=1S/C10H9F2N3O/c1-2-13-10-14-9(15-16-10)6-3-4-7(11)8(12)5-6/h3-5H,2H2,1H3,(H,13,14,15). The van der Waals surface area contributed by atoms with Gasteiger partial charge >= 0.3 is 6.01 Å². The van der Waals surface area contributed by atoms with Crippen LogP contribution in [0.5, 0.6) is 0 Å². The van der Waals surface area contributed by atoms with Gasteiger partial charge in [0, 0.05) is 12.1 Å². The molecule has 0 radical (unpaired) electrons. The Balaban J connectivity index is 2.31. The van der Waals surface area contributed by atoms with E-state index in [1.54, 1.807) is 0 Å². The number of aromatic nitrogens is 2. The van der Waals surface area contributed by atoms with Gasteiger partial charge in [0.25, 0.3) is 0 Å². The highest BCUT2D eigenvalue weighted by atomic mass is 19.2. The molecular weight excluding hydrogens is 216 g/mol. The molecule has 1 heterocycles. The summed E-state index contributed by atoms with van der Waals surface area (Å²) in [5.74, 6) is -1.62. The van der Waals surface area contributed by atoms with E-state index in [0.29, 0.717) is 12.1 Å². The SMILES string of the molecule is CCNc1nc(-c2ccc(F)c(F)c2)no1. The topological polar surface area (TPSA) is 51.0 Å². The molecule has 1 aromatic heterocycles. The van der Waals surface area contributed by atoms with Gasteiger partial charge in [0.1, 0.15) is 0 Å². The molecule has 0 bridgehead atoms. The lowest BCUT2D eigenvalue weighted by atomic mass is 10.2. The second-order valence-electron chi connectivity index (χ2n) is 3.08. The molecule has 16 heavy (non-hydrogen) atoms. The van der Waals surface area contributed by atoms with E-state index in [4.69, 9.17) is 4.52 Å². The minimum Gasteiger partial charge on any atom is -0.338 e. The van der Waals surface area contributed by atoms with Crippen molar-refractivity contribution in [2.24, 2.45) is 0 Å². The number of benzene rings is 1. The van der Waals surface area contributed by atoms with Crippen molar-refractivity contribution in [2.75, 3.05) is 11.9 Å². The maximum absolute atomic E-state index is 12.9. The Morgan fingerprint density at radius 1 is 1.31 bits per heavy atom. The average molecular weight is 225 g/mol. The molecule has 0 aliphatic heterocycles. The van der Waals surface area contributed by atoms with Gasteiger partial charge in [0.2, 0.25) is 5.82 Å². The van der Waals surface area contributed by atoms with Crippen molar-refractivity contribution in [1.82, 2.24) is 10.1 Å². The Hall–Kier alpha value is -1.98. The second kappa shape index (κ2) is 4.26. The van der Waals surface area contributed by atoms with Gasteiger partial charge in [-0.25, -0.2) is 8.78 Å². The molecule has 0 saturated carbocycles. The average Bonchev–Trinajstić information content (AvgIpc) is 2.71. The highest BCUT2D eigenvalue weighted by molar-refractivity contribution is 5.55. The van der Waals surface area contributed by atoms with Crippen LogP contribution < -0.4 is 5.32 Å². The molecule has 0 spiro atoms. The first-order chi connectivity index (χ1) is 7.70. The Kier molecular flexibility index (Phi) is 2.80. The van der Waals surface area contributed by atoms with Gasteiger partial charge in [0.05, 0.1) is 0 Å². The summed E-state index contributed by atoms with van der Waals surface area (Å²) in [5, 5.41) is 6.45. The minimum atomic E-state index is -0.938. The maximum Gasteiger partial charge on any atom is 0.321 e. The molecule has 0 aliphatic rings. The molecule has 1 N–H and O–H groups in total. The van der Waals surface area contributed by atoms with Crippen LogP contribution in [-0.4, -0.2) is 16.7 Å². The Morgan fingerprint density at radius 3 is 2.81 bits per heavy atom. The van der Waals surface area contributed by atoms with Crippen molar-refractivity contribution in [2.45, 2.75) is 6.92 Å². The normalized spacial score (nSPS) is 10.4. The summed E-state index contributed by atoms with van der Waals surface area (Å²) in [5.41, 5.74) is 0.367. The first kappa shape index (κ1) is 10.5. The first-order valence-corrected chi connectivity index (χ1v) is 4.73. The predicted molar refractivity (Wildman–Crippen MR) is 53.8 cm³/mol. The minimum absolute atomic E-state index is 0.217. The summed E-state index contributed by atoms with van der Waals surface area (Å²) < 4.78 is 30.5. The molecule has 0 saturated heterocycles. The van der Waals surface area contributed by atoms with E-state index >= 15 is 0 Å². The largest absolute Gasteiger partial charge is 0.338 e. The third kappa shape index (κ3) is 2.00. The molecule has 0 atom stereocenters. The van der Waals surface area contributed by atoms with E-state index in [0.717, 1.165) is 12.1 Å². The van der Waals surface area contributed by atoms with Crippen LogP contribution in [0.1, 0.15) is 6.92 Å². The quantitative estimate of drug-likeness (QED) is 0.871. The van der Waals surface area contributed by atoms with Crippen LogP contribution in [0.3, 0.4) is 0 Å². The molecule has 0 unspecified atom stereocenters. The Bertz CT molecular complexity index is 499. The second-order valence-corrected chi connectivity index (χ2v) is 3.08. The van der Waals surface area contributed by atoms with Gasteiger partial charge in [0.15, 0.2) is 11.6 Å². The van der Waals surface area contributed by atoms with E-state index in [1.807, 2.05) is 6.92 Å². The van der Waals surface area contributed by atoms with Crippen molar-refractivity contribution in [1.29, 1.82) is 0 Å². The summed E-state index contributed by atoms with van der Waals surface area (Å²) in [6.45, 7) is 2.51. The molecule has 1 aromatic carbocycles. The van der Waals surface area contributed by atoms with E-state index in [9.17, 15) is 8.78 Å². The lowest BCUT2D eigenvalue weighted by molar-refractivity contribution is 0.432. The van der Waals surface area contributed by atoms with E-state index in [-0.39, 0.29) is 11.8 Å². The molecular formula is C10H9F2N3O. The number of halogens is 2. The molecule has 0 aliphatic carbocycles. The van der Waals surface area contributed by atoms with Gasteiger partial charge in [-0.1, -0.05) is 5.16 Å². The lowest BCUT2D eigenvalue weighted by Crippen LogP contribution is -1.95. The highest BCUT2D eigenvalue weighted by Crippen LogP contribution is 2.19. The number of anilines is 1. The van der Waals surface area contributed by atoms with Crippen LogP contribution in [0, 0.1) is 11.6 Å². The van der Waals surface area contributed by atoms with Crippen molar-refractivity contribution in [3.05, 3.63) is 29.8 Å². The fraction of sp³-hybridized carbons (Fsp3) is 0.200. The van der Waals surface area contributed by atoms with Crippen LogP contribution in [0.25, 0.3) is 11.4 Å². The van der Waals surface area contributed by atoms with Gasteiger partial charge in [-0.05, 0) is 25.1 Å². The number of nitrogens with zero attached hydrogens (tertiary/aromatic N) is 2. The molecule has 6 heteroatoms. The maximum atomic E-state index is 12.9. The first-order valence-electron chi connectivity index (χ1n) is 4.73. The fourth-order valence-electron chi connectivity index (χ4n) is 1.20. The lowest BCUT2D eigenvalue weighted by Gasteiger charge is -1.95. The number of hydrogen-bond acceptors (Lipinski definition) is 4. The zero-order valence-electron chi connectivity index (χ0n) is 8.50. The van der Waals surface area contributed by atoms with Crippen LogP contribution in [0.15, 0.2) is 22.7 Å². The molecule has 84 valence electrons. The van der Waals surface area contributed by atoms with Crippen LogP contribution in [0.2, 0.25) is 0 Å². The van der Waals surface area contributed by atoms with Gasteiger partial charge in [-0.3, -0.25) is 0 Å².